The summed E-state index contributed by atoms with van der Waals surface area (Å²) in [6.45, 7) is 0. The topological polar surface area (TPSA) is 77.3 Å². The van der Waals surface area contributed by atoms with Gasteiger partial charge in [-0.15, -0.1) is 0 Å². The molecule has 0 amide bonds. The van der Waals surface area contributed by atoms with Gasteiger partial charge < -0.3 is 14.7 Å². The Hall–Kier alpha value is -2.29. The molecule has 0 aliphatic carbocycles. The lowest BCUT2D eigenvalue weighted by molar-refractivity contribution is -0.471. The van der Waals surface area contributed by atoms with Crippen LogP contribution in [-0.2, 0) is 10.9 Å². The summed E-state index contributed by atoms with van der Waals surface area (Å²) in [5.74, 6) is -1.58. The van der Waals surface area contributed by atoms with Gasteiger partial charge in [-0.3, -0.25) is 0 Å². The summed E-state index contributed by atoms with van der Waals surface area (Å²) in [5, 5.41) is 11.9. The van der Waals surface area contributed by atoms with Crippen molar-refractivity contribution in [2.24, 2.45) is 0 Å². The Morgan fingerprint density at radius 3 is 2.57 bits per heavy atom. The van der Waals surface area contributed by atoms with Crippen LogP contribution in [-0.4, -0.2) is 17.8 Å². The van der Waals surface area contributed by atoms with Crippen LogP contribution in [0.25, 0.3) is 11.0 Å². The Balaban J connectivity index is 3.07. The van der Waals surface area contributed by atoms with Gasteiger partial charge in [0, 0.05) is 16.0 Å². The van der Waals surface area contributed by atoms with Gasteiger partial charge in [0.15, 0.2) is 0 Å². The number of benzene rings is 1. The summed E-state index contributed by atoms with van der Waals surface area (Å²) in [7, 11) is 0.791. The highest BCUT2D eigenvalue weighted by molar-refractivity contribution is 6.31. The van der Waals surface area contributed by atoms with E-state index in [1.165, 1.54) is 0 Å². The number of halogens is 4. The summed E-state index contributed by atoms with van der Waals surface area (Å²) in [4.78, 5) is 23.5. The monoisotopic (exact) mass is 322 g/mol. The van der Waals surface area contributed by atoms with Crippen LogP contribution in [0.3, 0.4) is 0 Å². The zero-order valence-electron chi connectivity index (χ0n) is 10.3. The summed E-state index contributed by atoms with van der Waals surface area (Å²) >= 11 is 5.64. The van der Waals surface area contributed by atoms with Crippen molar-refractivity contribution in [3.8, 4) is 0 Å². The van der Waals surface area contributed by atoms with Crippen molar-refractivity contribution in [1.29, 1.82) is 0 Å². The standard InChI is InChI=1S/C11H6ClF3N2O4/c1-21-10(18)8-9(11(13,14)15)17(20)6-3-2-5(12)4-7(6)16(8)19/h2-4H,1H3. The Morgan fingerprint density at radius 1 is 1.43 bits per heavy atom. The average molecular weight is 323 g/mol. The SMILES string of the molecule is COC(=O)c1c(C(F)(F)F)n([O-])c2ccc(Cl)cc2[n+]1=O. The normalized spacial score (nSPS) is 11.7. The third kappa shape index (κ3) is 2.40. The molecule has 0 aliphatic heterocycles. The van der Waals surface area contributed by atoms with Gasteiger partial charge in [0.05, 0.1) is 11.5 Å². The van der Waals surface area contributed by atoms with Crippen LogP contribution < -0.4 is 4.43 Å². The molecule has 0 radical (unpaired) electrons. The first-order valence-electron chi connectivity index (χ1n) is 5.32. The van der Waals surface area contributed by atoms with Gasteiger partial charge in [-0.1, -0.05) is 11.6 Å². The fourth-order valence-corrected chi connectivity index (χ4v) is 1.96. The van der Waals surface area contributed by atoms with Crippen LogP contribution in [0.1, 0.15) is 16.2 Å². The molecule has 0 aliphatic rings. The first-order valence-corrected chi connectivity index (χ1v) is 5.70. The molecule has 10 heteroatoms. The second kappa shape index (κ2) is 4.92. The van der Waals surface area contributed by atoms with Crippen molar-refractivity contribution in [3.63, 3.8) is 0 Å². The number of fused-ring (bicyclic) bond motifs is 1. The number of aromatic nitrogens is 2. The molecule has 6 nitrogen and oxygen atoms in total. The third-order valence-electron chi connectivity index (χ3n) is 2.65. The van der Waals surface area contributed by atoms with Gasteiger partial charge in [0.25, 0.3) is 5.52 Å². The largest absolute Gasteiger partial charge is 0.805 e. The number of rotatable bonds is 1. The van der Waals surface area contributed by atoms with Gasteiger partial charge in [-0.05, 0) is 12.1 Å². The van der Waals surface area contributed by atoms with E-state index in [1.807, 2.05) is 0 Å². The average Bonchev–Trinajstić information content (AvgIpc) is 2.40. The quantitative estimate of drug-likeness (QED) is 0.596. The molecule has 2 rings (SSSR count). The summed E-state index contributed by atoms with van der Waals surface area (Å²) in [5.41, 5.74) is -4.45. The lowest BCUT2D eigenvalue weighted by Crippen LogP contribution is -2.35. The maximum absolute atomic E-state index is 13.0. The van der Waals surface area contributed by atoms with Gasteiger partial charge in [-0.2, -0.15) is 13.2 Å². The van der Waals surface area contributed by atoms with Crippen molar-refractivity contribution < 1.29 is 27.1 Å². The minimum Gasteiger partial charge on any atom is -0.805 e. The molecular formula is C11H6ClF3N2O4. The van der Waals surface area contributed by atoms with Crippen molar-refractivity contribution in [1.82, 2.24) is 4.73 Å². The smallest absolute Gasteiger partial charge is 0.438 e. The van der Waals surface area contributed by atoms with E-state index in [1.54, 1.807) is 0 Å². The number of carbonyl (C=O) groups excluding carboxylic acids is 1. The molecule has 1 heterocycles. The molecule has 0 saturated heterocycles. The first kappa shape index (κ1) is 15.1. The third-order valence-corrected chi connectivity index (χ3v) is 2.89. The van der Waals surface area contributed by atoms with E-state index in [0.29, 0.717) is 0 Å². The molecule has 0 bridgehead atoms. The van der Waals surface area contributed by atoms with Gasteiger partial charge >= 0.3 is 17.8 Å². The number of hydrogen-bond acceptors (Lipinski definition) is 4. The molecular weight excluding hydrogens is 317 g/mol. The maximum Gasteiger partial charge on any atom is 0.438 e. The maximum atomic E-state index is 13.0. The van der Waals surface area contributed by atoms with Gasteiger partial charge in [0.1, 0.15) is 5.52 Å². The van der Waals surface area contributed by atoms with Crippen molar-refractivity contribution in [2.45, 2.75) is 6.18 Å². The van der Waals surface area contributed by atoms with Crippen molar-refractivity contribution in [3.05, 3.63) is 44.7 Å². The van der Waals surface area contributed by atoms with E-state index in [0.717, 1.165) is 25.3 Å². The Kier molecular flexibility index (Phi) is 3.54. The fraction of sp³-hybridized carbons (Fsp3) is 0.182. The number of ether oxygens (including phenoxy) is 1. The van der Waals surface area contributed by atoms with Crippen molar-refractivity contribution in [2.75, 3.05) is 7.11 Å². The van der Waals surface area contributed by atoms with E-state index < -0.39 is 39.3 Å². The van der Waals surface area contributed by atoms with E-state index in [2.05, 4.69) is 4.74 Å². The Bertz CT molecular complexity index is 801. The highest BCUT2D eigenvalue weighted by Crippen LogP contribution is 2.32. The second-order valence-corrected chi connectivity index (χ2v) is 4.34. The minimum absolute atomic E-state index is 0.0164. The molecule has 112 valence electrons. The van der Waals surface area contributed by atoms with Crippen LogP contribution in [0.2, 0.25) is 5.02 Å². The van der Waals surface area contributed by atoms with Gasteiger partial charge in [-0.25, -0.2) is 4.79 Å². The number of esters is 1. The summed E-state index contributed by atoms with van der Waals surface area (Å²) in [6.07, 6.45) is -5.22. The molecule has 0 unspecified atom stereocenters. The zero-order valence-corrected chi connectivity index (χ0v) is 11.0. The summed E-state index contributed by atoms with van der Waals surface area (Å²) in [6, 6.07) is 3.08. The molecule has 2 aromatic rings. The lowest BCUT2D eigenvalue weighted by atomic mass is 10.2. The molecule has 21 heavy (non-hydrogen) atoms. The predicted octanol–water partition coefficient (Wildman–Crippen LogP) is 2.36. The molecule has 1 aromatic heterocycles. The zero-order chi connectivity index (χ0) is 15.9. The predicted molar refractivity (Wildman–Crippen MR) is 65.4 cm³/mol. The minimum atomic E-state index is -5.22. The Morgan fingerprint density at radius 2 is 2.05 bits per heavy atom. The Labute approximate surface area is 119 Å². The number of carbonyl (C=O) groups is 1. The van der Waals surface area contributed by atoms with E-state index in [-0.39, 0.29) is 9.45 Å². The van der Waals surface area contributed by atoms with Crippen LogP contribution >= 0.6 is 11.6 Å². The van der Waals surface area contributed by atoms with Crippen LogP contribution in [0.5, 0.6) is 0 Å². The molecule has 0 spiro atoms. The van der Waals surface area contributed by atoms with Crippen molar-refractivity contribution >= 4 is 28.6 Å². The number of alkyl halides is 3. The van der Waals surface area contributed by atoms with Crippen LogP contribution in [0, 0.1) is 10.1 Å². The number of nitrogens with zero attached hydrogens (tertiary/aromatic N) is 2. The molecule has 0 N–H and O–H groups in total. The highest BCUT2D eigenvalue weighted by Gasteiger charge is 2.45. The highest BCUT2D eigenvalue weighted by atomic mass is 35.5. The fourth-order valence-electron chi connectivity index (χ4n) is 1.79. The van der Waals surface area contributed by atoms with E-state index >= 15 is 0 Å². The number of hydrogen-bond donors (Lipinski definition) is 0. The number of methoxy groups -OCH3 is 1. The van der Waals surface area contributed by atoms with Gasteiger partial charge in [0.2, 0.25) is 5.69 Å². The molecule has 1 aromatic carbocycles. The second-order valence-electron chi connectivity index (χ2n) is 3.91. The lowest BCUT2D eigenvalue weighted by Gasteiger charge is -2.19. The van der Waals surface area contributed by atoms with E-state index in [4.69, 9.17) is 11.6 Å². The van der Waals surface area contributed by atoms with Crippen LogP contribution in [0.15, 0.2) is 18.2 Å². The molecule has 0 saturated carbocycles. The molecule has 0 fully saturated rings. The van der Waals surface area contributed by atoms with Crippen LogP contribution in [0.4, 0.5) is 13.2 Å². The summed E-state index contributed by atoms with van der Waals surface area (Å²) < 4.78 is 42.2. The molecule has 0 atom stereocenters. The van der Waals surface area contributed by atoms with E-state index in [9.17, 15) is 28.1 Å². The first-order chi connectivity index (χ1) is 9.68.